The van der Waals surface area contributed by atoms with Crippen molar-refractivity contribution in [2.45, 2.75) is 31.7 Å². The molecule has 0 spiro atoms. The zero-order valence-corrected chi connectivity index (χ0v) is 13.4. The van der Waals surface area contributed by atoms with Gasteiger partial charge in [0.25, 0.3) is 0 Å². The normalized spacial score (nSPS) is 26.4. The van der Waals surface area contributed by atoms with Crippen molar-refractivity contribution in [1.82, 2.24) is 0 Å². The van der Waals surface area contributed by atoms with Gasteiger partial charge >= 0.3 is 5.96 Å². The highest BCUT2D eigenvalue weighted by molar-refractivity contribution is 5.72. The van der Waals surface area contributed by atoms with E-state index in [4.69, 9.17) is 17.2 Å². The number of nitrogens with two attached hydrogens (primary N) is 3. The molecule has 2 heterocycles. The molecule has 118 valence electrons. The van der Waals surface area contributed by atoms with Crippen molar-refractivity contribution >= 4 is 11.6 Å². The van der Waals surface area contributed by atoms with Crippen LogP contribution in [0.2, 0.25) is 0 Å². The molecule has 0 radical (unpaired) electrons. The number of aryl methyl sites for hydroxylation is 2. The molecule has 0 unspecified atom stereocenters. The molecule has 7 N–H and O–H groups in total. The van der Waals surface area contributed by atoms with Crippen LogP contribution in [0.15, 0.2) is 24.3 Å². The van der Waals surface area contributed by atoms with E-state index < -0.39 is 0 Å². The summed E-state index contributed by atoms with van der Waals surface area (Å²) >= 11 is 0. The first-order chi connectivity index (χ1) is 10.4. The Morgan fingerprint density at radius 1 is 1.41 bits per heavy atom. The number of guanidine groups is 1. The van der Waals surface area contributed by atoms with Crippen LogP contribution < -0.4 is 22.5 Å². The lowest BCUT2D eigenvalue weighted by Gasteiger charge is -2.42. The van der Waals surface area contributed by atoms with E-state index >= 15 is 0 Å². The highest BCUT2D eigenvalue weighted by Gasteiger charge is 2.52. The van der Waals surface area contributed by atoms with E-state index in [1.165, 1.54) is 22.4 Å². The summed E-state index contributed by atoms with van der Waals surface area (Å²) in [4.78, 5) is 0. The number of hydrogen-bond acceptors (Lipinski definition) is 2. The molecule has 5 nitrogen and oxygen atoms in total. The van der Waals surface area contributed by atoms with Crippen molar-refractivity contribution < 1.29 is 4.58 Å². The van der Waals surface area contributed by atoms with E-state index in [2.05, 4.69) is 37.9 Å². The lowest BCUT2D eigenvalue weighted by atomic mass is 9.66. The van der Waals surface area contributed by atoms with Crippen LogP contribution in [0.25, 0.3) is 0 Å². The van der Waals surface area contributed by atoms with Gasteiger partial charge in [-0.05, 0) is 43.5 Å². The summed E-state index contributed by atoms with van der Waals surface area (Å²) in [7, 11) is 0. The molecule has 0 aliphatic carbocycles. The summed E-state index contributed by atoms with van der Waals surface area (Å²) in [5.41, 5.74) is 23.7. The van der Waals surface area contributed by atoms with Crippen molar-refractivity contribution in [2.75, 3.05) is 25.0 Å². The number of nitrogens with one attached hydrogen (secondary N) is 1. The van der Waals surface area contributed by atoms with Gasteiger partial charge in [0, 0.05) is 11.1 Å². The molecule has 1 saturated heterocycles. The SMILES string of the molecule is C=C1C[N+](=C(N)N)C[C@@H]2Nc3c(C)cc(C)cc3[C@]12CCN. The first-order valence-electron chi connectivity index (χ1n) is 7.79. The Hall–Kier alpha value is -2.01. The summed E-state index contributed by atoms with van der Waals surface area (Å²) in [6.45, 7) is 10.8. The first kappa shape index (κ1) is 14.9. The fourth-order valence-corrected chi connectivity index (χ4v) is 4.20. The second-order valence-corrected chi connectivity index (χ2v) is 6.62. The topological polar surface area (TPSA) is 93.1 Å². The van der Waals surface area contributed by atoms with Crippen LogP contribution in [-0.4, -0.2) is 36.2 Å². The number of piperidine rings is 1. The van der Waals surface area contributed by atoms with Crippen LogP contribution in [0, 0.1) is 13.8 Å². The standard InChI is InChI=1S/C17H25N5/c1-10-6-11(2)15-13(7-10)17(4-5-18)12(3)8-22(16(19)20)9-14(17)21-15/h6-7,14,21H,3-5,8-9,18H2,1-2H3,(H3,19,20)/p+1/t14-,17-/m0/s1. The minimum Gasteiger partial charge on any atom is -0.377 e. The number of rotatable bonds is 2. The third kappa shape index (κ3) is 1.92. The molecule has 5 heteroatoms. The maximum atomic E-state index is 5.96. The molecule has 1 aromatic carbocycles. The number of fused-ring (bicyclic) bond motifs is 3. The molecule has 0 amide bonds. The van der Waals surface area contributed by atoms with Crippen LogP contribution in [0.5, 0.6) is 0 Å². The van der Waals surface area contributed by atoms with E-state index in [1.54, 1.807) is 0 Å². The molecular formula is C17H26N5+. The molecule has 3 rings (SSSR count). The van der Waals surface area contributed by atoms with Crippen molar-refractivity contribution in [3.05, 3.63) is 41.0 Å². The Balaban J connectivity index is 2.18. The van der Waals surface area contributed by atoms with Gasteiger partial charge in [-0.15, -0.1) is 0 Å². The summed E-state index contributed by atoms with van der Waals surface area (Å²) in [5.74, 6) is 0.355. The van der Waals surface area contributed by atoms with Crippen molar-refractivity contribution in [2.24, 2.45) is 17.2 Å². The highest BCUT2D eigenvalue weighted by Crippen LogP contribution is 2.51. The van der Waals surface area contributed by atoms with Gasteiger partial charge in [0.15, 0.2) is 0 Å². The zero-order valence-electron chi connectivity index (χ0n) is 13.4. The average molecular weight is 300 g/mol. The van der Waals surface area contributed by atoms with Crippen LogP contribution in [0.1, 0.15) is 23.1 Å². The maximum Gasteiger partial charge on any atom is 0.341 e. The van der Waals surface area contributed by atoms with Gasteiger partial charge in [0.2, 0.25) is 0 Å². The Morgan fingerprint density at radius 2 is 2.14 bits per heavy atom. The van der Waals surface area contributed by atoms with E-state index in [1.807, 2.05) is 4.58 Å². The fourth-order valence-electron chi connectivity index (χ4n) is 4.20. The molecule has 0 saturated carbocycles. The third-order valence-electron chi connectivity index (χ3n) is 5.19. The number of nitrogens with zero attached hydrogens (tertiary/aromatic N) is 1. The van der Waals surface area contributed by atoms with Crippen molar-refractivity contribution in [3.63, 3.8) is 0 Å². The maximum absolute atomic E-state index is 5.96. The molecular weight excluding hydrogens is 274 g/mol. The largest absolute Gasteiger partial charge is 0.377 e. The second-order valence-electron chi connectivity index (χ2n) is 6.62. The van der Waals surface area contributed by atoms with Gasteiger partial charge in [0.1, 0.15) is 0 Å². The molecule has 1 aromatic rings. The average Bonchev–Trinajstić information content (AvgIpc) is 2.75. The Labute approximate surface area is 131 Å². The molecule has 0 bridgehead atoms. The Kier molecular flexibility index (Phi) is 3.40. The van der Waals surface area contributed by atoms with Crippen LogP contribution in [0.3, 0.4) is 0 Å². The minimum absolute atomic E-state index is 0.118. The third-order valence-corrected chi connectivity index (χ3v) is 5.19. The quantitative estimate of drug-likeness (QED) is 0.364. The predicted molar refractivity (Wildman–Crippen MR) is 91.2 cm³/mol. The molecule has 2 aliphatic heterocycles. The lowest BCUT2D eigenvalue weighted by molar-refractivity contribution is -0.533. The molecule has 1 fully saturated rings. The highest BCUT2D eigenvalue weighted by atomic mass is 15.2. The zero-order chi connectivity index (χ0) is 16.1. The van der Waals surface area contributed by atoms with Gasteiger partial charge in [-0.2, -0.15) is 0 Å². The summed E-state index contributed by atoms with van der Waals surface area (Å²) < 4.78 is 1.99. The first-order valence-corrected chi connectivity index (χ1v) is 7.79. The molecule has 22 heavy (non-hydrogen) atoms. The number of benzene rings is 1. The predicted octanol–water partition coefficient (Wildman–Crippen LogP) is 0.540. The fraction of sp³-hybridized carbons (Fsp3) is 0.471. The van der Waals surface area contributed by atoms with Gasteiger partial charge in [0.05, 0.1) is 19.1 Å². The lowest BCUT2D eigenvalue weighted by Crippen LogP contribution is -2.55. The van der Waals surface area contributed by atoms with Crippen LogP contribution in [0.4, 0.5) is 5.69 Å². The van der Waals surface area contributed by atoms with Crippen LogP contribution in [-0.2, 0) is 5.41 Å². The van der Waals surface area contributed by atoms with Gasteiger partial charge < -0.3 is 11.1 Å². The summed E-state index contributed by atoms with van der Waals surface area (Å²) in [5, 5.41) is 3.69. The van der Waals surface area contributed by atoms with Crippen LogP contribution >= 0.6 is 0 Å². The van der Waals surface area contributed by atoms with E-state index in [0.29, 0.717) is 19.0 Å². The molecule has 2 atom stereocenters. The Morgan fingerprint density at radius 3 is 2.77 bits per heavy atom. The van der Waals surface area contributed by atoms with Crippen molar-refractivity contribution in [1.29, 1.82) is 0 Å². The number of hydrogen-bond donors (Lipinski definition) is 4. The summed E-state index contributed by atoms with van der Waals surface area (Å²) in [6.07, 6.45) is 0.887. The minimum atomic E-state index is -0.118. The van der Waals surface area contributed by atoms with E-state index in [0.717, 1.165) is 18.5 Å². The second kappa shape index (κ2) is 5.02. The van der Waals surface area contributed by atoms with E-state index in [-0.39, 0.29) is 11.5 Å². The van der Waals surface area contributed by atoms with E-state index in [9.17, 15) is 0 Å². The van der Waals surface area contributed by atoms with Gasteiger partial charge in [-0.1, -0.05) is 24.3 Å². The summed E-state index contributed by atoms with van der Waals surface area (Å²) in [6, 6.07) is 4.69. The number of anilines is 1. The smallest absolute Gasteiger partial charge is 0.341 e. The van der Waals surface area contributed by atoms with Gasteiger partial charge in [-0.3, -0.25) is 16.0 Å². The van der Waals surface area contributed by atoms with Gasteiger partial charge in [-0.25, -0.2) is 0 Å². The Bertz CT molecular complexity index is 672. The van der Waals surface area contributed by atoms with Crippen molar-refractivity contribution in [3.8, 4) is 0 Å². The molecule has 2 aliphatic rings. The monoisotopic (exact) mass is 300 g/mol. The molecule has 0 aromatic heterocycles.